The number of benzene rings is 1. The number of para-hydroxylation sites is 1. The van der Waals surface area contributed by atoms with Crippen molar-refractivity contribution in [3.05, 3.63) is 30.3 Å². The molecule has 3 unspecified atom stereocenters. The number of carbonyl (C=O) groups is 2. The predicted molar refractivity (Wildman–Crippen MR) is 107 cm³/mol. The van der Waals surface area contributed by atoms with Crippen LogP contribution in [0.3, 0.4) is 0 Å². The Bertz CT molecular complexity index is 905. The summed E-state index contributed by atoms with van der Waals surface area (Å²) in [5.41, 5.74) is 6.60. The average Bonchev–Trinajstić information content (AvgIpc) is 3.27. The maximum atomic E-state index is 13.0. The number of amidine groups is 1. The van der Waals surface area contributed by atoms with Gasteiger partial charge >= 0.3 is 0 Å². The van der Waals surface area contributed by atoms with Crippen LogP contribution in [0.5, 0.6) is 0 Å². The third kappa shape index (κ3) is 3.79. The molecule has 3 aliphatic rings. The maximum absolute atomic E-state index is 13.0. The highest BCUT2D eigenvalue weighted by Crippen LogP contribution is 2.29. The zero-order chi connectivity index (χ0) is 19.7. The van der Waals surface area contributed by atoms with E-state index in [0.717, 1.165) is 11.8 Å². The summed E-state index contributed by atoms with van der Waals surface area (Å²) in [5, 5.41) is 2.19. The largest absolute Gasteiger partial charge is 0.339 e. The van der Waals surface area contributed by atoms with Crippen LogP contribution in [0.25, 0.3) is 0 Å². The molecule has 9 nitrogen and oxygen atoms in total. The molecule has 3 heterocycles. The lowest BCUT2D eigenvalue weighted by Gasteiger charge is -2.32. The number of carbonyl (C=O) groups excluding carboxylic acids is 2. The highest BCUT2D eigenvalue weighted by molar-refractivity contribution is 8.14. The molecular weight excluding hydrogens is 402 g/mol. The summed E-state index contributed by atoms with van der Waals surface area (Å²) < 4.78 is 23.8. The molecule has 3 atom stereocenters. The number of fused-ring (bicyclic) bond motifs is 1. The van der Waals surface area contributed by atoms with Crippen LogP contribution in [0.1, 0.15) is 12.8 Å². The van der Waals surface area contributed by atoms with Crippen LogP contribution in [0.4, 0.5) is 5.69 Å². The Morgan fingerprint density at radius 2 is 2.11 bits per heavy atom. The van der Waals surface area contributed by atoms with Crippen molar-refractivity contribution in [3.63, 3.8) is 0 Å². The lowest BCUT2D eigenvalue weighted by molar-refractivity contribution is -0.121. The average molecular weight is 424 g/mol. The summed E-state index contributed by atoms with van der Waals surface area (Å²) in [6.45, 7) is 0.480. The second kappa shape index (κ2) is 7.82. The fourth-order valence-corrected chi connectivity index (χ4v) is 6.04. The summed E-state index contributed by atoms with van der Waals surface area (Å²) >= 11 is 1.13. The first kappa shape index (κ1) is 19.4. The number of amides is 2. The summed E-state index contributed by atoms with van der Waals surface area (Å²) in [7, 11) is -3.25. The van der Waals surface area contributed by atoms with Crippen LogP contribution < -0.4 is 21.1 Å². The topological polar surface area (TPSA) is 120 Å². The molecular formula is C17H21N5O4S2. The minimum absolute atomic E-state index is 0.0215. The summed E-state index contributed by atoms with van der Waals surface area (Å²) in [6.07, 6.45) is 0.618. The summed E-state index contributed by atoms with van der Waals surface area (Å²) in [4.78, 5) is 31.4. The third-order valence-electron chi connectivity index (χ3n) is 4.93. The lowest BCUT2D eigenvalue weighted by Crippen LogP contribution is -2.49. The molecule has 4 rings (SSSR count). The zero-order valence-corrected chi connectivity index (χ0v) is 16.6. The van der Waals surface area contributed by atoms with Gasteiger partial charge in [-0.3, -0.25) is 19.9 Å². The van der Waals surface area contributed by atoms with Gasteiger partial charge in [-0.2, -0.15) is 0 Å². The van der Waals surface area contributed by atoms with E-state index in [1.165, 1.54) is 4.90 Å². The normalized spacial score (nSPS) is 28.7. The molecule has 0 aromatic heterocycles. The first-order valence-corrected chi connectivity index (χ1v) is 11.7. The van der Waals surface area contributed by atoms with E-state index >= 15 is 0 Å². The second-order valence-corrected chi connectivity index (χ2v) is 10.1. The summed E-state index contributed by atoms with van der Waals surface area (Å²) in [5.74, 6) is -0.711. The fourth-order valence-electron chi connectivity index (χ4n) is 3.49. The van der Waals surface area contributed by atoms with Gasteiger partial charge in [0.25, 0.3) is 0 Å². The molecule has 28 heavy (non-hydrogen) atoms. The van der Waals surface area contributed by atoms with E-state index in [-0.39, 0.29) is 35.4 Å². The molecule has 3 aliphatic heterocycles. The molecule has 1 aromatic carbocycles. The molecule has 0 bridgehead atoms. The van der Waals surface area contributed by atoms with Crippen molar-refractivity contribution in [2.24, 2.45) is 10.9 Å². The Kier molecular flexibility index (Phi) is 5.41. The fraction of sp³-hybridized carbons (Fsp3) is 0.471. The van der Waals surface area contributed by atoms with Crippen LogP contribution in [0.15, 0.2) is 35.3 Å². The number of nitrogens with one attached hydrogen (secondary N) is 3. The van der Waals surface area contributed by atoms with Crippen LogP contribution in [0, 0.1) is 5.92 Å². The van der Waals surface area contributed by atoms with E-state index in [2.05, 4.69) is 21.2 Å². The Morgan fingerprint density at radius 1 is 1.32 bits per heavy atom. The number of aliphatic imine (C=N–C) groups is 1. The number of sulfone groups is 1. The van der Waals surface area contributed by atoms with Gasteiger partial charge in [-0.25, -0.2) is 18.8 Å². The van der Waals surface area contributed by atoms with Gasteiger partial charge in [-0.15, -0.1) is 0 Å². The van der Waals surface area contributed by atoms with Crippen molar-refractivity contribution in [1.29, 1.82) is 0 Å². The smallest absolute Gasteiger partial charge is 0.241 e. The van der Waals surface area contributed by atoms with E-state index in [0.29, 0.717) is 30.2 Å². The van der Waals surface area contributed by atoms with Crippen molar-refractivity contribution < 1.29 is 18.0 Å². The molecule has 2 fully saturated rings. The molecule has 3 N–H and O–H groups in total. The van der Waals surface area contributed by atoms with Gasteiger partial charge in [0.1, 0.15) is 11.5 Å². The standard InChI is InChI=1S/C17H21N5O4S2/c23-13(19-14-7-4-8-28(14,25)26)10-27-17-20-15-12(9-18-21-15)16(24)22(17)11-5-2-1-3-6-11/h1-3,5-6,12,14-15,18,21H,4,7-10H2,(H,19,23). The van der Waals surface area contributed by atoms with Crippen LogP contribution in [-0.2, 0) is 19.4 Å². The Balaban J connectivity index is 1.49. The van der Waals surface area contributed by atoms with Crippen molar-refractivity contribution in [3.8, 4) is 0 Å². The second-order valence-electron chi connectivity index (χ2n) is 6.85. The minimum atomic E-state index is -3.25. The molecule has 0 spiro atoms. The Hall–Kier alpha value is -1.95. The molecule has 0 saturated carbocycles. The van der Waals surface area contributed by atoms with E-state index in [1.54, 1.807) is 0 Å². The van der Waals surface area contributed by atoms with Crippen molar-refractivity contribution in [2.75, 3.05) is 23.0 Å². The monoisotopic (exact) mass is 423 g/mol. The minimum Gasteiger partial charge on any atom is -0.339 e. The number of hydrazine groups is 1. The van der Waals surface area contributed by atoms with Crippen molar-refractivity contribution in [2.45, 2.75) is 24.4 Å². The molecule has 1 aromatic rings. The Morgan fingerprint density at radius 3 is 2.82 bits per heavy atom. The molecule has 2 saturated heterocycles. The van der Waals surface area contributed by atoms with Crippen molar-refractivity contribution >= 4 is 44.3 Å². The number of hydrogen-bond donors (Lipinski definition) is 3. The number of hydrogen-bond acceptors (Lipinski definition) is 8. The van der Waals surface area contributed by atoms with Crippen molar-refractivity contribution in [1.82, 2.24) is 16.2 Å². The SMILES string of the molecule is O=C(CSC1=NC2NNCC2C(=O)N1c1ccccc1)NC1CCCS1(=O)=O. The van der Waals surface area contributed by atoms with Crippen LogP contribution in [0.2, 0.25) is 0 Å². The molecule has 150 valence electrons. The van der Waals surface area contributed by atoms with E-state index in [1.807, 2.05) is 30.3 Å². The maximum Gasteiger partial charge on any atom is 0.241 e. The van der Waals surface area contributed by atoms with Gasteiger partial charge in [0.05, 0.1) is 23.1 Å². The zero-order valence-electron chi connectivity index (χ0n) is 15.0. The first-order chi connectivity index (χ1) is 13.5. The van der Waals surface area contributed by atoms with E-state index < -0.39 is 15.2 Å². The first-order valence-electron chi connectivity index (χ1n) is 9.05. The van der Waals surface area contributed by atoms with Gasteiger partial charge < -0.3 is 5.32 Å². The summed E-state index contributed by atoms with van der Waals surface area (Å²) in [6, 6.07) is 9.16. The van der Waals surface area contributed by atoms with E-state index in [4.69, 9.17) is 0 Å². The highest BCUT2D eigenvalue weighted by atomic mass is 32.2. The Labute approximate surface area is 167 Å². The predicted octanol–water partition coefficient (Wildman–Crippen LogP) is -0.177. The molecule has 2 amide bonds. The molecule has 0 radical (unpaired) electrons. The van der Waals surface area contributed by atoms with Gasteiger partial charge in [-0.05, 0) is 25.0 Å². The highest BCUT2D eigenvalue weighted by Gasteiger charge is 2.42. The van der Waals surface area contributed by atoms with E-state index in [9.17, 15) is 18.0 Å². The van der Waals surface area contributed by atoms with Gasteiger partial charge in [0, 0.05) is 6.54 Å². The van der Waals surface area contributed by atoms with Gasteiger partial charge in [0.15, 0.2) is 15.0 Å². The molecule has 0 aliphatic carbocycles. The molecule has 11 heteroatoms. The third-order valence-corrected chi connectivity index (χ3v) is 7.96. The number of thioether (sulfide) groups is 1. The number of nitrogens with zero attached hydrogens (tertiary/aromatic N) is 2. The number of anilines is 1. The quantitative estimate of drug-likeness (QED) is 0.615. The van der Waals surface area contributed by atoms with Gasteiger partial charge in [-0.1, -0.05) is 30.0 Å². The van der Waals surface area contributed by atoms with Crippen LogP contribution in [-0.4, -0.2) is 55.0 Å². The lowest BCUT2D eigenvalue weighted by atomic mass is 10.1. The number of rotatable bonds is 4. The van der Waals surface area contributed by atoms with Crippen LogP contribution >= 0.6 is 11.8 Å². The van der Waals surface area contributed by atoms with Gasteiger partial charge in [0.2, 0.25) is 11.8 Å².